The molecule has 210 valence electrons. The fourth-order valence-corrected chi connectivity index (χ4v) is 10.9. The molecule has 43 heavy (non-hydrogen) atoms. The summed E-state index contributed by atoms with van der Waals surface area (Å²) >= 11 is 3.78. The molecule has 0 aromatic heterocycles. The molecule has 2 aliphatic rings. The Hall–Kier alpha value is -3.63. The van der Waals surface area contributed by atoms with E-state index in [0.29, 0.717) is 0 Å². The normalized spacial score (nSPS) is 14.7. The van der Waals surface area contributed by atoms with E-state index in [2.05, 4.69) is 158 Å². The van der Waals surface area contributed by atoms with E-state index in [1.54, 1.807) is 0 Å². The van der Waals surface area contributed by atoms with Crippen LogP contribution in [0.4, 0.5) is 0 Å². The first-order valence-electron chi connectivity index (χ1n) is 14.7. The summed E-state index contributed by atoms with van der Waals surface area (Å²) in [5.74, 6) is 0.527. The van der Waals surface area contributed by atoms with E-state index in [0.717, 1.165) is 0 Å². The first-order valence-corrected chi connectivity index (χ1v) is 18.8. The van der Waals surface area contributed by atoms with Crippen LogP contribution in [0.5, 0.6) is 0 Å². The van der Waals surface area contributed by atoms with Crippen LogP contribution in [0.15, 0.2) is 175 Å². The average Bonchev–Trinajstić information content (AvgIpc) is 3.06. The largest absolute Gasteiger partial charge is 0.194 e. The number of hydrogen-bond acceptors (Lipinski definition) is 2. The maximum Gasteiger partial charge on any atom is 0.0362 e. The molecule has 0 bridgehead atoms. The predicted octanol–water partition coefficient (Wildman–Crippen LogP) is 11.5. The number of rotatable bonds is 4. The van der Waals surface area contributed by atoms with Gasteiger partial charge in [0.1, 0.15) is 0 Å². The summed E-state index contributed by atoms with van der Waals surface area (Å²) in [6.07, 6.45) is 4.86. The van der Waals surface area contributed by atoms with Gasteiger partial charge in [-0.2, -0.15) is 10.0 Å². The maximum absolute atomic E-state index is 2.43. The average molecular weight is 609 g/mol. The molecule has 0 nitrogen and oxygen atoms in total. The Balaban J connectivity index is 1.12. The highest BCUT2D eigenvalue weighted by Crippen LogP contribution is 2.58. The van der Waals surface area contributed by atoms with Gasteiger partial charge in [-0.25, -0.2) is 0 Å². The third-order valence-corrected chi connectivity index (χ3v) is 14.2. The summed E-state index contributed by atoms with van der Waals surface area (Å²) in [7, 11) is -1.18. The van der Waals surface area contributed by atoms with Crippen molar-refractivity contribution < 1.29 is 0 Å². The first kappa shape index (κ1) is 27.0. The lowest BCUT2D eigenvalue weighted by Crippen LogP contribution is -2.10. The van der Waals surface area contributed by atoms with Gasteiger partial charge >= 0.3 is 0 Å². The SMILES string of the molecule is CS(C)(c1ccc(C2c3ccccc3Sc3ccccc32)cc1)c1ccc(C2c3ccccc3Sc3ccccc32)cc1. The van der Waals surface area contributed by atoms with Crippen molar-refractivity contribution in [3.05, 3.63) is 179 Å². The van der Waals surface area contributed by atoms with Crippen LogP contribution in [-0.2, 0) is 0 Å². The van der Waals surface area contributed by atoms with Crippen LogP contribution >= 0.6 is 33.6 Å². The molecular formula is C40H32S3. The van der Waals surface area contributed by atoms with Crippen LogP contribution in [0, 0.1) is 0 Å². The van der Waals surface area contributed by atoms with Crippen LogP contribution in [0.3, 0.4) is 0 Å². The minimum atomic E-state index is -1.18. The lowest BCUT2D eigenvalue weighted by molar-refractivity contribution is 0.899. The zero-order valence-electron chi connectivity index (χ0n) is 24.2. The highest BCUT2D eigenvalue weighted by molar-refractivity contribution is 8.32. The third-order valence-electron chi connectivity index (χ3n) is 8.97. The molecule has 0 atom stereocenters. The molecule has 6 aromatic carbocycles. The summed E-state index contributed by atoms with van der Waals surface area (Å²) in [5, 5.41) is 0. The molecule has 8 rings (SSSR count). The fraction of sp³-hybridized carbons (Fsp3) is 0.100. The third kappa shape index (κ3) is 4.66. The Morgan fingerprint density at radius 2 is 0.651 bits per heavy atom. The van der Waals surface area contributed by atoms with Gasteiger partial charge in [0.15, 0.2) is 0 Å². The van der Waals surface area contributed by atoms with E-state index < -0.39 is 10.0 Å². The second-order valence-corrected chi connectivity index (χ2v) is 17.5. The standard InChI is InChI=1S/C40H32S3/c1-43(2,29-23-19-27(20-24-29)39-31-11-3-7-15-35(31)41-36-16-8-4-12-32(36)39)30-25-21-28(22-26-30)40-33-13-5-9-17-37(33)42-38-18-10-6-14-34(38)40/h3-26,39-40H,1-2H3. The highest BCUT2D eigenvalue weighted by Gasteiger charge is 2.29. The molecule has 2 aliphatic heterocycles. The van der Waals surface area contributed by atoms with Gasteiger partial charge in [0.05, 0.1) is 0 Å². The fourth-order valence-electron chi connectivity index (χ4n) is 6.68. The van der Waals surface area contributed by atoms with Crippen molar-refractivity contribution in [1.29, 1.82) is 0 Å². The van der Waals surface area contributed by atoms with Gasteiger partial charge in [0.2, 0.25) is 0 Å². The van der Waals surface area contributed by atoms with Gasteiger partial charge in [-0.15, -0.1) is 0 Å². The summed E-state index contributed by atoms with van der Waals surface area (Å²) < 4.78 is 0. The molecule has 3 heteroatoms. The van der Waals surface area contributed by atoms with Crippen molar-refractivity contribution in [3.8, 4) is 0 Å². The van der Waals surface area contributed by atoms with E-state index in [1.165, 1.54) is 62.8 Å². The zero-order chi connectivity index (χ0) is 29.0. The molecule has 0 saturated heterocycles. The second kappa shape index (κ2) is 10.8. The summed E-state index contributed by atoms with van der Waals surface area (Å²) in [4.78, 5) is 8.29. The number of hydrogen-bond donors (Lipinski definition) is 0. The van der Waals surface area contributed by atoms with Gasteiger partial charge in [0.25, 0.3) is 0 Å². The van der Waals surface area contributed by atoms with E-state index in [1.807, 2.05) is 23.5 Å². The van der Waals surface area contributed by atoms with Crippen molar-refractivity contribution in [2.75, 3.05) is 12.5 Å². The Morgan fingerprint density at radius 1 is 0.372 bits per heavy atom. The Labute approximate surface area is 264 Å². The van der Waals surface area contributed by atoms with Crippen molar-refractivity contribution in [2.24, 2.45) is 0 Å². The molecule has 0 unspecified atom stereocenters. The van der Waals surface area contributed by atoms with Crippen molar-refractivity contribution in [2.45, 2.75) is 41.2 Å². The van der Waals surface area contributed by atoms with E-state index >= 15 is 0 Å². The van der Waals surface area contributed by atoms with Crippen molar-refractivity contribution in [1.82, 2.24) is 0 Å². The zero-order valence-corrected chi connectivity index (χ0v) is 26.7. The van der Waals surface area contributed by atoms with Crippen molar-refractivity contribution >= 4 is 33.6 Å². The molecule has 0 spiro atoms. The van der Waals surface area contributed by atoms with Crippen LogP contribution in [0.2, 0.25) is 0 Å². The van der Waals surface area contributed by atoms with Gasteiger partial charge in [-0.05, 0) is 104 Å². The molecule has 6 aromatic rings. The summed E-state index contributed by atoms with van der Waals surface area (Å²) in [6, 6.07) is 54.6. The van der Waals surface area contributed by atoms with Crippen LogP contribution in [0.25, 0.3) is 0 Å². The van der Waals surface area contributed by atoms with Crippen LogP contribution in [0.1, 0.15) is 45.2 Å². The van der Waals surface area contributed by atoms with Gasteiger partial charge in [-0.1, -0.05) is 121 Å². The Kier molecular flexibility index (Phi) is 6.78. The maximum atomic E-state index is 2.43. The van der Waals surface area contributed by atoms with E-state index in [-0.39, 0.29) is 11.8 Å². The molecule has 2 heterocycles. The molecule has 0 fully saturated rings. The Morgan fingerprint density at radius 3 is 0.953 bits per heavy atom. The number of fused-ring (bicyclic) bond motifs is 4. The lowest BCUT2D eigenvalue weighted by atomic mass is 9.85. The molecule has 0 amide bonds. The molecule has 0 saturated carbocycles. The predicted molar refractivity (Wildman–Crippen MR) is 185 cm³/mol. The second-order valence-electron chi connectivity index (χ2n) is 11.7. The van der Waals surface area contributed by atoms with E-state index in [9.17, 15) is 0 Å². The topological polar surface area (TPSA) is 0 Å². The lowest BCUT2D eigenvalue weighted by Gasteiger charge is -2.34. The highest BCUT2D eigenvalue weighted by atomic mass is 32.3. The summed E-state index contributed by atoms with van der Waals surface area (Å²) in [5.41, 5.74) is 8.36. The van der Waals surface area contributed by atoms with E-state index in [4.69, 9.17) is 0 Å². The molecule has 0 N–H and O–H groups in total. The van der Waals surface area contributed by atoms with Crippen LogP contribution in [-0.4, -0.2) is 12.5 Å². The minimum Gasteiger partial charge on any atom is -0.194 e. The Bertz CT molecular complexity index is 1720. The molecular weight excluding hydrogens is 577 g/mol. The quantitative estimate of drug-likeness (QED) is 0.195. The summed E-state index contributed by atoms with van der Waals surface area (Å²) in [6.45, 7) is 0. The molecule has 0 radical (unpaired) electrons. The van der Waals surface area contributed by atoms with Gasteiger partial charge < -0.3 is 0 Å². The number of benzene rings is 6. The smallest absolute Gasteiger partial charge is 0.0362 e. The molecule has 0 aliphatic carbocycles. The van der Waals surface area contributed by atoms with Gasteiger partial charge in [-0.3, -0.25) is 0 Å². The van der Waals surface area contributed by atoms with Crippen molar-refractivity contribution in [3.63, 3.8) is 0 Å². The van der Waals surface area contributed by atoms with Crippen LogP contribution < -0.4 is 0 Å². The van der Waals surface area contributed by atoms with Gasteiger partial charge in [0, 0.05) is 31.4 Å². The monoisotopic (exact) mass is 608 g/mol. The first-order chi connectivity index (χ1) is 21.1. The minimum absolute atomic E-state index is 0.263.